The highest BCUT2D eigenvalue weighted by molar-refractivity contribution is 5.54. The molecule has 0 aliphatic carbocycles. The number of hydrogen-bond donors (Lipinski definition) is 1. The SMILES string of the molecule is CC(C)NC/C(=C/c1ccc(C(F)F)cc1)C(C)C. The first-order valence-electron chi connectivity index (χ1n) is 6.72. The van der Waals surface area contributed by atoms with Gasteiger partial charge in [-0.25, -0.2) is 8.78 Å². The average molecular weight is 267 g/mol. The van der Waals surface area contributed by atoms with Crippen molar-refractivity contribution in [2.75, 3.05) is 6.54 Å². The standard InChI is InChI=1S/C16H23F2N/c1-11(2)15(10-19-12(3)4)9-13-5-7-14(8-6-13)16(17)18/h5-9,11-12,16,19H,10H2,1-4H3/b15-9-. The van der Waals surface area contributed by atoms with Gasteiger partial charge < -0.3 is 5.32 Å². The quantitative estimate of drug-likeness (QED) is 0.790. The number of rotatable bonds is 6. The van der Waals surface area contributed by atoms with Crippen molar-refractivity contribution in [1.29, 1.82) is 0 Å². The monoisotopic (exact) mass is 267 g/mol. The van der Waals surface area contributed by atoms with Crippen molar-refractivity contribution in [2.45, 2.75) is 40.2 Å². The molecule has 0 heterocycles. The third-order valence-corrected chi connectivity index (χ3v) is 3.00. The minimum Gasteiger partial charge on any atom is -0.311 e. The molecule has 0 saturated heterocycles. The Morgan fingerprint density at radius 3 is 2.11 bits per heavy atom. The summed E-state index contributed by atoms with van der Waals surface area (Å²) in [5.74, 6) is 0.432. The van der Waals surface area contributed by atoms with Crippen LogP contribution in [0.25, 0.3) is 6.08 Å². The largest absolute Gasteiger partial charge is 0.311 e. The van der Waals surface area contributed by atoms with Gasteiger partial charge >= 0.3 is 0 Å². The van der Waals surface area contributed by atoms with Crippen molar-refractivity contribution < 1.29 is 8.78 Å². The van der Waals surface area contributed by atoms with E-state index in [-0.39, 0.29) is 5.56 Å². The predicted molar refractivity (Wildman–Crippen MR) is 77.4 cm³/mol. The second-order valence-electron chi connectivity index (χ2n) is 5.38. The van der Waals surface area contributed by atoms with Gasteiger partial charge in [0.05, 0.1) is 0 Å². The zero-order valence-corrected chi connectivity index (χ0v) is 12.1. The minimum atomic E-state index is -2.40. The van der Waals surface area contributed by atoms with E-state index in [2.05, 4.69) is 39.1 Å². The third-order valence-electron chi connectivity index (χ3n) is 3.00. The van der Waals surface area contributed by atoms with Gasteiger partial charge in [0.2, 0.25) is 0 Å². The summed E-state index contributed by atoms with van der Waals surface area (Å²) >= 11 is 0. The number of alkyl halides is 2. The second kappa shape index (κ2) is 7.39. The number of hydrogen-bond acceptors (Lipinski definition) is 1. The van der Waals surface area contributed by atoms with Crippen molar-refractivity contribution in [1.82, 2.24) is 5.32 Å². The van der Waals surface area contributed by atoms with Gasteiger partial charge in [0, 0.05) is 18.2 Å². The molecule has 1 N–H and O–H groups in total. The summed E-state index contributed by atoms with van der Waals surface area (Å²) in [6.07, 6.45) is -0.319. The molecular weight excluding hydrogens is 244 g/mol. The Kier molecular flexibility index (Phi) is 6.16. The van der Waals surface area contributed by atoms with Crippen molar-refractivity contribution in [2.24, 2.45) is 5.92 Å². The summed E-state index contributed by atoms with van der Waals surface area (Å²) in [5.41, 5.74) is 2.32. The first-order chi connectivity index (χ1) is 8.90. The fourth-order valence-corrected chi connectivity index (χ4v) is 1.70. The van der Waals surface area contributed by atoms with Crippen molar-refractivity contribution in [3.05, 3.63) is 41.0 Å². The van der Waals surface area contributed by atoms with Crippen LogP contribution in [-0.4, -0.2) is 12.6 Å². The normalized spacial score (nSPS) is 12.8. The Morgan fingerprint density at radius 2 is 1.68 bits per heavy atom. The molecule has 0 aromatic heterocycles. The molecule has 0 bridgehead atoms. The molecule has 1 rings (SSSR count). The lowest BCUT2D eigenvalue weighted by Gasteiger charge is -2.15. The Balaban J connectivity index is 2.83. The van der Waals surface area contributed by atoms with Crippen molar-refractivity contribution in [3.8, 4) is 0 Å². The van der Waals surface area contributed by atoms with Crippen LogP contribution in [0.5, 0.6) is 0 Å². The van der Waals surface area contributed by atoms with E-state index in [4.69, 9.17) is 0 Å². The molecule has 3 heteroatoms. The Hall–Kier alpha value is -1.22. The van der Waals surface area contributed by atoms with Crippen LogP contribution in [-0.2, 0) is 0 Å². The molecular formula is C16H23F2N. The van der Waals surface area contributed by atoms with E-state index in [1.807, 2.05) is 0 Å². The third kappa shape index (κ3) is 5.52. The maximum absolute atomic E-state index is 12.5. The summed E-state index contributed by atoms with van der Waals surface area (Å²) in [4.78, 5) is 0. The van der Waals surface area contributed by atoms with Gasteiger partial charge in [-0.15, -0.1) is 0 Å². The summed E-state index contributed by atoms with van der Waals surface area (Å²) in [6, 6.07) is 6.91. The van der Waals surface area contributed by atoms with Crippen LogP contribution in [0.2, 0.25) is 0 Å². The molecule has 0 aliphatic rings. The lowest BCUT2D eigenvalue weighted by atomic mass is 9.99. The maximum atomic E-state index is 12.5. The van der Waals surface area contributed by atoms with Crippen LogP contribution in [0.4, 0.5) is 8.78 Å². The van der Waals surface area contributed by atoms with Gasteiger partial charge in [0.25, 0.3) is 6.43 Å². The molecule has 1 nitrogen and oxygen atoms in total. The van der Waals surface area contributed by atoms with Crippen molar-refractivity contribution in [3.63, 3.8) is 0 Å². The molecule has 0 aliphatic heterocycles. The number of halogens is 2. The summed E-state index contributed by atoms with van der Waals surface area (Å²) < 4.78 is 24.9. The maximum Gasteiger partial charge on any atom is 0.263 e. The number of benzene rings is 1. The molecule has 106 valence electrons. The Labute approximate surface area is 114 Å². The van der Waals surface area contributed by atoms with E-state index < -0.39 is 6.43 Å². The molecule has 0 spiro atoms. The van der Waals surface area contributed by atoms with Crippen LogP contribution in [0.3, 0.4) is 0 Å². The summed E-state index contributed by atoms with van der Waals surface area (Å²) in [5, 5.41) is 3.39. The van der Waals surface area contributed by atoms with Crippen LogP contribution < -0.4 is 5.32 Å². The van der Waals surface area contributed by atoms with Gasteiger partial charge in [0.1, 0.15) is 0 Å². The minimum absolute atomic E-state index is 0.0727. The molecule has 19 heavy (non-hydrogen) atoms. The predicted octanol–water partition coefficient (Wildman–Crippen LogP) is 4.66. The highest BCUT2D eigenvalue weighted by Gasteiger charge is 2.07. The van der Waals surface area contributed by atoms with Crippen LogP contribution >= 0.6 is 0 Å². The van der Waals surface area contributed by atoms with E-state index >= 15 is 0 Å². The van der Waals surface area contributed by atoms with Crippen LogP contribution in [0.15, 0.2) is 29.8 Å². The first kappa shape index (κ1) is 15.8. The summed E-state index contributed by atoms with van der Waals surface area (Å²) in [7, 11) is 0. The molecule has 0 amide bonds. The molecule has 1 aromatic carbocycles. The van der Waals surface area contributed by atoms with Gasteiger partial charge in [-0.1, -0.05) is 63.6 Å². The molecule has 0 atom stereocenters. The van der Waals surface area contributed by atoms with Crippen LogP contribution in [0.1, 0.15) is 45.2 Å². The van der Waals surface area contributed by atoms with E-state index in [0.29, 0.717) is 12.0 Å². The molecule has 0 fully saturated rings. The molecule has 0 unspecified atom stereocenters. The van der Waals surface area contributed by atoms with E-state index in [0.717, 1.165) is 12.1 Å². The molecule has 0 saturated carbocycles. The molecule has 1 aromatic rings. The van der Waals surface area contributed by atoms with Gasteiger partial charge in [-0.05, 0) is 11.5 Å². The Morgan fingerprint density at radius 1 is 1.11 bits per heavy atom. The highest BCUT2D eigenvalue weighted by atomic mass is 19.3. The fourth-order valence-electron chi connectivity index (χ4n) is 1.70. The lowest BCUT2D eigenvalue weighted by molar-refractivity contribution is 0.151. The molecule has 0 radical (unpaired) electrons. The van der Waals surface area contributed by atoms with E-state index in [9.17, 15) is 8.78 Å². The van der Waals surface area contributed by atoms with E-state index in [1.165, 1.54) is 17.7 Å². The topological polar surface area (TPSA) is 12.0 Å². The van der Waals surface area contributed by atoms with Gasteiger partial charge in [0.15, 0.2) is 0 Å². The van der Waals surface area contributed by atoms with Crippen molar-refractivity contribution >= 4 is 6.08 Å². The van der Waals surface area contributed by atoms with Crippen LogP contribution in [0, 0.1) is 5.92 Å². The fraction of sp³-hybridized carbons (Fsp3) is 0.500. The second-order valence-corrected chi connectivity index (χ2v) is 5.38. The smallest absolute Gasteiger partial charge is 0.263 e. The first-order valence-corrected chi connectivity index (χ1v) is 6.72. The number of nitrogens with one attached hydrogen (secondary N) is 1. The summed E-state index contributed by atoms with van der Waals surface area (Å²) in [6.45, 7) is 9.32. The highest BCUT2D eigenvalue weighted by Crippen LogP contribution is 2.20. The zero-order valence-electron chi connectivity index (χ0n) is 12.1. The van der Waals surface area contributed by atoms with E-state index in [1.54, 1.807) is 12.1 Å². The average Bonchev–Trinajstić information content (AvgIpc) is 2.34. The van der Waals surface area contributed by atoms with Gasteiger partial charge in [-0.2, -0.15) is 0 Å². The lowest BCUT2D eigenvalue weighted by Crippen LogP contribution is -2.26. The Bertz CT molecular complexity index is 405. The van der Waals surface area contributed by atoms with Gasteiger partial charge in [-0.3, -0.25) is 0 Å². The zero-order chi connectivity index (χ0) is 14.4.